The summed E-state index contributed by atoms with van der Waals surface area (Å²) in [6.45, 7) is 5.79. The van der Waals surface area contributed by atoms with Gasteiger partial charge in [0.2, 0.25) is 5.91 Å². The highest BCUT2D eigenvalue weighted by atomic mass is 16.6. The number of methoxy groups -OCH3 is 1. The fraction of sp³-hybridized carbons (Fsp3) is 0.500. The fourth-order valence-electron chi connectivity index (χ4n) is 7.05. The topological polar surface area (TPSA) is 153 Å². The minimum atomic E-state index is -0.971. The van der Waals surface area contributed by atoms with Crippen LogP contribution in [0, 0.1) is 23.7 Å². The molecule has 2 heterocycles. The molecule has 250 valence electrons. The summed E-state index contributed by atoms with van der Waals surface area (Å²) in [4.78, 5) is 68.8. The molecule has 2 N–H and O–H groups in total. The normalized spacial score (nSPS) is 28.3. The Bertz CT molecular complexity index is 1510. The van der Waals surface area contributed by atoms with Crippen molar-refractivity contribution in [3.05, 3.63) is 71.8 Å². The quantitative estimate of drug-likeness (QED) is 0.325. The number of carbonyl (C=O) groups excluding carboxylic acids is 5. The number of alkyl carbamates (subject to hydrolysis) is 2. The Morgan fingerprint density at radius 2 is 1.19 bits per heavy atom. The van der Waals surface area contributed by atoms with Crippen molar-refractivity contribution in [2.75, 3.05) is 20.2 Å². The molecule has 2 saturated carbocycles. The number of amides is 4. The third-order valence-corrected chi connectivity index (χ3v) is 9.28. The summed E-state index contributed by atoms with van der Waals surface area (Å²) in [5.74, 6) is -2.19. The number of hydrogen-bond acceptors (Lipinski definition) is 9. The third-order valence-electron chi connectivity index (χ3n) is 9.28. The molecule has 8 atom stereocenters. The predicted octanol–water partition coefficient (Wildman–Crippen LogP) is 3.07. The third kappa shape index (κ3) is 6.84. The average Bonchev–Trinajstić information content (AvgIpc) is 3.74. The molecule has 47 heavy (non-hydrogen) atoms. The zero-order valence-electron chi connectivity index (χ0n) is 26.8. The van der Waals surface area contributed by atoms with Crippen LogP contribution >= 0.6 is 0 Å². The van der Waals surface area contributed by atoms with Gasteiger partial charge < -0.3 is 34.5 Å². The Kier molecular flexibility index (Phi) is 8.73. The van der Waals surface area contributed by atoms with E-state index in [0.717, 1.165) is 11.1 Å². The lowest BCUT2D eigenvalue weighted by Gasteiger charge is -2.35. The number of benzene rings is 2. The molecule has 0 aromatic heterocycles. The molecule has 4 amide bonds. The van der Waals surface area contributed by atoms with Crippen LogP contribution < -0.4 is 10.6 Å². The highest BCUT2D eigenvalue weighted by Gasteiger charge is 2.70. The van der Waals surface area contributed by atoms with E-state index in [4.69, 9.17) is 18.9 Å². The largest absolute Gasteiger partial charge is 0.467 e. The van der Waals surface area contributed by atoms with Gasteiger partial charge in [-0.1, -0.05) is 60.7 Å². The zero-order valence-corrected chi connectivity index (χ0v) is 26.8. The van der Waals surface area contributed by atoms with E-state index in [0.29, 0.717) is 0 Å². The van der Waals surface area contributed by atoms with Crippen molar-refractivity contribution in [2.24, 2.45) is 23.7 Å². The highest BCUT2D eigenvalue weighted by Crippen LogP contribution is 2.54. The fourth-order valence-corrected chi connectivity index (χ4v) is 7.05. The van der Waals surface area contributed by atoms with Gasteiger partial charge in [0.25, 0.3) is 0 Å². The summed E-state index contributed by atoms with van der Waals surface area (Å²) in [6, 6.07) is 15.8. The Balaban J connectivity index is 1.12. The molecular formula is C34H40N4O9. The molecule has 0 radical (unpaired) electrons. The second-order valence-corrected chi connectivity index (χ2v) is 13.5. The lowest BCUT2D eigenvalue weighted by molar-refractivity contribution is -0.154. The minimum absolute atomic E-state index is 0.0908. The summed E-state index contributed by atoms with van der Waals surface area (Å²) < 4.78 is 21.5. The van der Waals surface area contributed by atoms with Crippen molar-refractivity contribution < 1.29 is 42.9 Å². The molecule has 2 aliphatic heterocycles. The zero-order chi connectivity index (χ0) is 33.5. The van der Waals surface area contributed by atoms with E-state index in [1.54, 1.807) is 20.8 Å². The number of piperidine rings is 2. The van der Waals surface area contributed by atoms with E-state index in [1.165, 1.54) is 16.9 Å². The van der Waals surface area contributed by atoms with Crippen molar-refractivity contribution in [3.63, 3.8) is 0 Å². The lowest BCUT2D eigenvalue weighted by atomic mass is 10.1. The maximum absolute atomic E-state index is 14.3. The number of likely N-dealkylation sites (tertiary alicyclic amines) is 2. The highest BCUT2D eigenvalue weighted by molar-refractivity contribution is 5.93. The first-order valence-electron chi connectivity index (χ1n) is 15.8. The molecule has 0 unspecified atom stereocenters. The Hall–Kier alpha value is -4.81. The maximum atomic E-state index is 14.3. The number of esters is 1. The molecule has 2 aromatic carbocycles. The molecule has 2 aromatic rings. The van der Waals surface area contributed by atoms with E-state index < -0.39 is 59.8 Å². The first-order valence-corrected chi connectivity index (χ1v) is 15.8. The summed E-state index contributed by atoms with van der Waals surface area (Å²) in [6.07, 6.45) is -1.88. The lowest BCUT2D eigenvalue weighted by Crippen LogP contribution is -2.57. The molecule has 4 aliphatic rings. The molecule has 13 nitrogen and oxygen atoms in total. The van der Waals surface area contributed by atoms with E-state index in [9.17, 15) is 24.0 Å². The van der Waals surface area contributed by atoms with Crippen molar-refractivity contribution in [3.8, 4) is 0 Å². The number of nitrogens with zero attached hydrogens (tertiary/aromatic N) is 2. The predicted molar refractivity (Wildman–Crippen MR) is 165 cm³/mol. The van der Waals surface area contributed by atoms with Crippen LogP contribution in [0.1, 0.15) is 31.9 Å². The van der Waals surface area contributed by atoms with Gasteiger partial charge in [-0.2, -0.15) is 0 Å². The van der Waals surface area contributed by atoms with Crippen LogP contribution in [-0.2, 0) is 41.8 Å². The Labute approximate surface area is 272 Å². The first-order chi connectivity index (χ1) is 22.5. The second-order valence-electron chi connectivity index (χ2n) is 13.5. The number of fused-ring (bicyclic) bond motifs is 2. The monoisotopic (exact) mass is 648 g/mol. The molecular weight excluding hydrogens is 608 g/mol. The van der Waals surface area contributed by atoms with E-state index in [-0.39, 0.29) is 50.1 Å². The van der Waals surface area contributed by atoms with Crippen molar-refractivity contribution in [1.29, 1.82) is 0 Å². The Morgan fingerprint density at radius 3 is 1.66 bits per heavy atom. The average molecular weight is 649 g/mol. The van der Waals surface area contributed by atoms with Crippen LogP contribution in [0.2, 0.25) is 0 Å². The minimum Gasteiger partial charge on any atom is -0.467 e. The SMILES string of the molecule is COC(=O)[C@@H]1[C@@H]2[C@H](CN1C(=O)[C@@H]1[C@@H]3[C@H](CN1C(=O)OC(C)(C)C)[C@H]3NC(=O)OCc1ccccc1)[C@H]2NC(=O)OCc1ccccc1. The summed E-state index contributed by atoms with van der Waals surface area (Å²) >= 11 is 0. The van der Waals surface area contributed by atoms with Crippen LogP contribution in [0.5, 0.6) is 0 Å². The summed E-state index contributed by atoms with van der Waals surface area (Å²) in [5, 5.41) is 5.69. The van der Waals surface area contributed by atoms with Gasteiger partial charge in [-0.15, -0.1) is 0 Å². The van der Waals surface area contributed by atoms with Gasteiger partial charge in [-0.25, -0.2) is 19.2 Å². The number of carbonyl (C=O) groups is 5. The van der Waals surface area contributed by atoms with E-state index in [2.05, 4.69) is 10.6 Å². The smallest absolute Gasteiger partial charge is 0.410 e. The molecule has 6 rings (SSSR count). The summed E-state index contributed by atoms with van der Waals surface area (Å²) in [5.41, 5.74) is 0.875. The standard InChI is InChI=1S/C34H40N4O9/c1-34(2,3)47-33(43)38-16-22-23(25(22)35-31(41)45-17-19-11-7-5-8-12-19)27(38)29(39)37-15-21-24(28(37)30(40)44-4)26(21)36-32(42)46-18-20-13-9-6-10-14-20/h5-14,21-28H,15-18H2,1-4H3,(H,35,41)(H,36,42)/t21-,22-,23+,24+,25+,26+,27-,28-/m0/s1. The van der Waals surface area contributed by atoms with Gasteiger partial charge in [0.05, 0.1) is 7.11 Å². The maximum Gasteiger partial charge on any atom is 0.410 e. The number of rotatable bonds is 8. The van der Waals surface area contributed by atoms with Crippen LogP contribution in [0.25, 0.3) is 0 Å². The van der Waals surface area contributed by atoms with Crippen molar-refractivity contribution >= 4 is 30.2 Å². The van der Waals surface area contributed by atoms with Gasteiger partial charge in [0, 0.05) is 48.8 Å². The summed E-state index contributed by atoms with van der Waals surface area (Å²) in [7, 11) is 1.25. The van der Waals surface area contributed by atoms with Crippen LogP contribution in [0.4, 0.5) is 14.4 Å². The second kappa shape index (κ2) is 12.8. The van der Waals surface area contributed by atoms with Crippen LogP contribution in [0.3, 0.4) is 0 Å². The molecule has 2 saturated heterocycles. The molecule has 2 aliphatic carbocycles. The number of hydrogen-bond donors (Lipinski definition) is 2. The van der Waals surface area contributed by atoms with Crippen LogP contribution in [0.15, 0.2) is 60.7 Å². The molecule has 13 heteroatoms. The van der Waals surface area contributed by atoms with E-state index >= 15 is 0 Å². The molecule has 0 spiro atoms. The number of ether oxygens (including phenoxy) is 4. The Morgan fingerprint density at radius 1 is 0.723 bits per heavy atom. The molecule has 0 bridgehead atoms. The van der Waals surface area contributed by atoms with Crippen molar-refractivity contribution in [1.82, 2.24) is 20.4 Å². The van der Waals surface area contributed by atoms with Crippen molar-refractivity contribution in [2.45, 2.75) is 63.8 Å². The van der Waals surface area contributed by atoms with Gasteiger partial charge in [0.1, 0.15) is 30.9 Å². The molecule has 4 fully saturated rings. The van der Waals surface area contributed by atoms with Gasteiger partial charge in [0.15, 0.2) is 0 Å². The van der Waals surface area contributed by atoms with Crippen LogP contribution in [-0.4, -0.2) is 89.9 Å². The first kappa shape index (κ1) is 32.1. The number of nitrogens with one attached hydrogen (secondary N) is 2. The van der Waals surface area contributed by atoms with Gasteiger partial charge in [-0.05, 0) is 31.9 Å². The van der Waals surface area contributed by atoms with Gasteiger partial charge >= 0.3 is 24.2 Å². The van der Waals surface area contributed by atoms with Gasteiger partial charge in [-0.3, -0.25) is 9.69 Å². The van der Waals surface area contributed by atoms with E-state index in [1.807, 2.05) is 60.7 Å².